The number of hydrogen-bond donors (Lipinski definition) is 1. The van der Waals surface area contributed by atoms with Gasteiger partial charge in [-0.15, -0.1) is 0 Å². The van der Waals surface area contributed by atoms with Crippen molar-refractivity contribution in [3.05, 3.63) is 47.5 Å². The summed E-state index contributed by atoms with van der Waals surface area (Å²) in [4.78, 5) is 22.8. The van der Waals surface area contributed by atoms with Crippen molar-refractivity contribution < 1.29 is 14.7 Å². The van der Waals surface area contributed by atoms with Gasteiger partial charge in [0.2, 0.25) is 0 Å². The molecule has 3 nitrogen and oxygen atoms in total. The Labute approximate surface area is 151 Å². The van der Waals surface area contributed by atoms with Crippen LogP contribution >= 0.6 is 0 Å². The minimum Gasteiger partial charge on any atom is -0.481 e. The van der Waals surface area contributed by atoms with Gasteiger partial charge in [0, 0.05) is 18.8 Å². The Balaban J connectivity index is 1.96. The van der Waals surface area contributed by atoms with E-state index in [1.54, 1.807) is 0 Å². The minimum atomic E-state index is -0.752. The number of carbonyl (C=O) groups excluding carboxylic acids is 1. The molecule has 0 heterocycles. The van der Waals surface area contributed by atoms with Crippen LogP contribution in [-0.4, -0.2) is 16.9 Å². The van der Waals surface area contributed by atoms with Gasteiger partial charge in [0.05, 0.1) is 0 Å². The number of carboxylic acid groups (broad SMARTS) is 1. The van der Waals surface area contributed by atoms with Gasteiger partial charge in [0.25, 0.3) is 0 Å². The molecule has 0 aliphatic heterocycles. The molecule has 3 heteroatoms. The summed E-state index contributed by atoms with van der Waals surface area (Å²) in [5.74, 6) is -0.0142. The Hall–Kier alpha value is -1.90. The SMILES string of the molecule is CC(C)(C)c1ccc(C2CCC(=O)C2C/C=C\CCCC(=O)O)cc1. The molecule has 0 bridgehead atoms. The number of hydrogen-bond acceptors (Lipinski definition) is 2. The van der Waals surface area contributed by atoms with Crippen molar-refractivity contribution in [2.45, 2.75) is 70.6 Å². The summed E-state index contributed by atoms with van der Waals surface area (Å²) in [6, 6.07) is 8.76. The molecule has 2 atom stereocenters. The third kappa shape index (κ3) is 5.55. The lowest BCUT2D eigenvalue weighted by molar-refractivity contribution is -0.137. The lowest BCUT2D eigenvalue weighted by Crippen LogP contribution is -2.14. The van der Waals surface area contributed by atoms with Crippen molar-refractivity contribution in [2.24, 2.45) is 5.92 Å². The molecule has 2 rings (SSSR count). The fourth-order valence-electron chi connectivity index (χ4n) is 3.57. The van der Waals surface area contributed by atoms with Crippen LogP contribution in [0.15, 0.2) is 36.4 Å². The maximum absolute atomic E-state index is 12.3. The number of allylic oxidation sites excluding steroid dienone is 2. The Bertz CT molecular complexity index is 620. The quantitative estimate of drug-likeness (QED) is 0.544. The average molecular weight is 342 g/mol. The van der Waals surface area contributed by atoms with Gasteiger partial charge in [0.15, 0.2) is 0 Å². The smallest absolute Gasteiger partial charge is 0.303 e. The standard InChI is InChI=1S/C22H30O3/c1-22(2,3)17-12-10-16(11-13-17)18-14-15-20(23)19(18)8-6-4-5-7-9-21(24)25/h4,6,10-13,18-19H,5,7-9,14-15H2,1-3H3,(H,24,25)/b6-4-. The van der Waals surface area contributed by atoms with E-state index in [0.717, 1.165) is 19.3 Å². The Morgan fingerprint density at radius 1 is 1.20 bits per heavy atom. The van der Waals surface area contributed by atoms with E-state index in [1.165, 1.54) is 11.1 Å². The summed E-state index contributed by atoms with van der Waals surface area (Å²) in [7, 11) is 0. The van der Waals surface area contributed by atoms with Gasteiger partial charge in [-0.05, 0) is 48.1 Å². The summed E-state index contributed by atoms with van der Waals surface area (Å²) >= 11 is 0. The highest BCUT2D eigenvalue weighted by atomic mass is 16.4. The molecule has 1 aliphatic rings. The first kappa shape index (κ1) is 19.4. The first-order chi connectivity index (χ1) is 11.8. The molecule has 0 saturated heterocycles. The van der Waals surface area contributed by atoms with E-state index in [1.807, 2.05) is 6.08 Å². The molecule has 1 N–H and O–H groups in total. The maximum atomic E-state index is 12.3. The molecule has 0 spiro atoms. The first-order valence-corrected chi connectivity index (χ1v) is 9.29. The lowest BCUT2D eigenvalue weighted by Gasteiger charge is -2.22. The summed E-state index contributed by atoms with van der Waals surface area (Å²) in [5, 5.41) is 8.64. The van der Waals surface area contributed by atoms with Gasteiger partial charge < -0.3 is 5.11 Å². The fraction of sp³-hybridized carbons (Fsp3) is 0.545. The van der Waals surface area contributed by atoms with Crippen molar-refractivity contribution in [3.63, 3.8) is 0 Å². The van der Waals surface area contributed by atoms with E-state index in [9.17, 15) is 9.59 Å². The third-order valence-corrected chi connectivity index (χ3v) is 5.12. The van der Waals surface area contributed by atoms with Gasteiger partial charge >= 0.3 is 5.97 Å². The molecule has 0 aromatic heterocycles. The predicted molar refractivity (Wildman–Crippen MR) is 101 cm³/mol. The van der Waals surface area contributed by atoms with Crippen molar-refractivity contribution in [3.8, 4) is 0 Å². The van der Waals surface area contributed by atoms with Crippen molar-refractivity contribution in [1.82, 2.24) is 0 Å². The van der Waals surface area contributed by atoms with E-state index >= 15 is 0 Å². The second-order valence-corrected chi connectivity index (χ2v) is 8.08. The number of rotatable bonds is 7. The van der Waals surface area contributed by atoms with Crippen LogP contribution in [0, 0.1) is 5.92 Å². The fourth-order valence-corrected chi connectivity index (χ4v) is 3.57. The Morgan fingerprint density at radius 3 is 2.48 bits per heavy atom. The minimum absolute atomic E-state index is 0.0659. The van der Waals surface area contributed by atoms with E-state index < -0.39 is 5.97 Å². The van der Waals surface area contributed by atoms with Crippen molar-refractivity contribution >= 4 is 11.8 Å². The molecule has 1 saturated carbocycles. The molecule has 2 unspecified atom stereocenters. The molecule has 0 amide bonds. The topological polar surface area (TPSA) is 54.4 Å². The molecular weight excluding hydrogens is 312 g/mol. The van der Waals surface area contributed by atoms with Crippen LogP contribution in [0.3, 0.4) is 0 Å². The Morgan fingerprint density at radius 2 is 1.88 bits per heavy atom. The largest absolute Gasteiger partial charge is 0.481 e. The molecular formula is C22H30O3. The number of benzene rings is 1. The molecule has 0 radical (unpaired) electrons. The summed E-state index contributed by atoms with van der Waals surface area (Å²) in [6.45, 7) is 6.62. The molecule has 1 aromatic rings. The normalized spacial score (nSPS) is 21.2. The van der Waals surface area contributed by atoms with Crippen LogP contribution in [0.4, 0.5) is 0 Å². The zero-order valence-electron chi connectivity index (χ0n) is 15.6. The maximum Gasteiger partial charge on any atom is 0.303 e. The monoisotopic (exact) mass is 342 g/mol. The predicted octanol–water partition coefficient (Wildman–Crippen LogP) is 5.25. The number of carboxylic acids is 1. The van der Waals surface area contributed by atoms with Crippen LogP contribution in [-0.2, 0) is 15.0 Å². The van der Waals surface area contributed by atoms with E-state index in [0.29, 0.717) is 24.5 Å². The zero-order valence-corrected chi connectivity index (χ0v) is 15.6. The van der Waals surface area contributed by atoms with Crippen molar-refractivity contribution in [2.75, 3.05) is 0 Å². The van der Waals surface area contributed by atoms with E-state index in [4.69, 9.17) is 5.11 Å². The van der Waals surface area contributed by atoms with Crippen LogP contribution in [0.5, 0.6) is 0 Å². The third-order valence-electron chi connectivity index (χ3n) is 5.12. The highest BCUT2D eigenvalue weighted by Gasteiger charge is 2.34. The molecule has 1 aliphatic carbocycles. The molecule has 1 aromatic carbocycles. The number of carbonyl (C=O) groups is 2. The zero-order chi connectivity index (χ0) is 18.4. The highest BCUT2D eigenvalue weighted by molar-refractivity contribution is 5.84. The van der Waals surface area contributed by atoms with Crippen molar-refractivity contribution in [1.29, 1.82) is 0 Å². The second kappa shape index (κ2) is 8.46. The van der Waals surface area contributed by atoms with E-state index in [2.05, 4.69) is 51.1 Å². The van der Waals surface area contributed by atoms with Crippen LogP contribution in [0.25, 0.3) is 0 Å². The molecule has 25 heavy (non-hydrogen) atoms. The van der Waals surface area contributed by atoms with Crippen LogP contribution in [0.1, 0.15) is 76.3 Å². The molecule has 136 valence electrons. The average Bonchev–Trinajstić information content (AvgIpc) is 2.91. The number of unbranched alkanes of at least 4 members (excludes halogenated alkanes) is 1. The second-order valence-electron chi connectivity index (χ2n) is 8.08. The number of aliphatic carboxylic acids is 1. The van der Waals surface area contributed by atoms with E-state index in [-0.39, 0.29) is 17.8 Å². The Kier molecular flexibility index (Phi) is 6.57. The summed E-state index contributed by atoms with van der Waals surface area (Å²) in [6.07, 6.45) is 8.07. The van der Waals surface area contributed by atoms with Gasteiger partial charge in [0.1, 0.15) is 5.78 Å². The van der Waals surface area contributed by atoms with Gasteiger partial charge in [-0.3, -0.25) is 9.59 Å². The summed E-state index contributed by atoms with van der Waals surface area (Å²) < 4.78 is 0. The summed E-state index contributed by atoms with van der Waals surface area (Å²) in [5.41, 5.74) is 2.72. The van der Waals surface area contributed by atoms with Gasteiger partial charge in [-0.25, -0.2) is 0 Å². The van der Waals surface area contributed by atoms with Gasteiger partial charge in [-0.2, -0.15) is 0 Å². The number of Topliss-reactive ketones (excluding diaryl/α,β-unsaturated/α-hetero) is 1. The van der Waals surface area contributed by atoms with Crippen LogP contribution in [0.2, 0.25) is 0 Å². The highest BCUT2D eigenvalue weighted by Crippen LogP contribution is 2.40. The van der Waals surface area contributed by atoms with Crippen LogP contribution < -0.4 is 0 Å². The molecule has 1 fully saturated rings. The lowest BCUT2D eigenvalue weighted by atomic mass is 9.82. The number of ketones is 1. The first-order valence-electron chi connectivity index (χ1n) is 9.29. The van der Waals surface area contributed by atoms with Gasteiger partial charge in [-0.1, -0.05) is 57.2 Å².